The van der Waals surface area contributed by atoms with Gasteiger partial charge in [0.15, 0.2) is 0 Å². The van der Waals surface area contributed by atoms with E-state index in [1.165, 1.54) is 0 Å². The first kappa shape index (κ1) is 14.6. The maximum Gasteiger partial charge on any atom is 0.317 e. The lowest BCUT2D eigenvalue weighted by Gasteiger charge is -2.38. The highest BCUT2D eigenvalue weighted by atomic mass is 16.2. The van der Waals surface area contributed by atoms with Gasteiger partial charge in [0, 0.05) is 57.5 Å². The highest BCUT2D eigenvalue weighted by Crippen LogP contribution is 2.20. The number of H-pyrrole nitrogens is 1. The Bertz CT molecular complexity index is 579. The molecule has 0 aliphatic carbocycles. The molecule has 2 aromatic rings. The summed E-state index contributed by atoms with van der Waals surface area (Å²) in [6.07, 6.45) is 7.56. The first-order valence-corrected chi connectivity index (χ1v) is 7.57. The lowest BCUT2D eigenvalue weighted by Crippen LogP contribution is -2.52. The van der Waals surface area contributed by atoms with Gasteiger partial charge in [-0.15, -0.1) is 0 Å². The molecule has 3 rings (SSSR count). The van der Waals surface area contributed by atoms with Crippen LogP contribution in [0, 0.1) is 0 Å². The van der Waals surface area contributed by atoms with Gasteiger partial charge in [-0.05, 0) is 19.2 Å². The van der Waals surface area contributed by atoms with Crippen LogP contribution in [0.3, 0.4) is 0 Å². The summed E-state index contributed by atoms with van der Waals surface area (Å²) in [6, 6.07) is 4.09. The molecule has 118 valence electrons. The third kappa shape index (κ3) is 3.30. The summed E-state index contributed by atoms with van der Waals surface area (Å²) in [6.45, 7) is 3.65. The van der Waals surface area contributed by atoms with Crippen molar-refractivity contribution in [3.63, 3.8) is 0 Å². The molecule has 0 bridgehead atoms. The zero-order valence-electron chi connectivity index (χ0n) is 12.8. The van der Waals surface area contributed by atoms with E-state index in [9.17, 15) is 4.79 Å². The second-order valence-corrected chi connectivity index (χ2v) is 5.57. The number of aromatic amines is 1. The molecule has 2 amide bonds. The van der Waals surface area contributed by atoms with Crippen molar-refractivity contribution in [3.8, 4) is 0 Å². The van der Waals surface area contributed by atoms with Gasteiger partial charge in [-0.2, -0.15) is 0 Å². The Morgan fingerprint density at radius 3 is 2.95 bits per heavy atom. The molecule has 7 heteroatoms. The van der Waals surface area contributed by atoms with Crippen molar-refractivity contribution in [2.24, 2.45) is 0 Å². The van der Waals surface area contributed by atoms with Crippen LogP contribution in [0.5, 0.6) is 0 Å². The number of carbonyl (C=O) groups excluding carboxylic acids is 1. The summed E-state index contributed by atoms with van der Waals surface area (Å²) in [7, 11) is 2.06. The van der Waals surface area contributed by atoms with Crippen molar-refractivity contribution in [1.29, 1.82) is 0 Å². The summed E-state index contributed by atoms with van der Waals surface area (Å²) in [5, 5.41) is 2.99. The van der Waals surface area contributed by atoms with Gasteiger partial charge in [0.1, 0.15) is 5.82 Å². The topological polar surface area (TPSA) is 69.2 Å². The number of likely N-dealkylation sites (N-methyl/N-ethyl adjacent to an activating group) is 1. The number of nitrogens with zero attached hydrogens (tertiary/aromatic N) is 4. The number of amides is 2. The van der Waals surface area contributed by atoms with Crippen molar-refractivity contribution >= 4 is 6.03 Å². The van der Waals surface area contributed by atoms with E-state index in [1.807, 2.05) is 35.6 Å². The monoisotopic (exact) mass is 302 g/mol. The van der Waals surface area contributed by atoms with Crippen LogP contribution in [-0.2, 0) is 6.54 Å². The molecule has 0 radical (unpaired) electrons. The van der Waals surface area contributed by atoms with E-state index in [-0.39, 0.29) is 12.1 Å². The fourth-order valence-electron chi connectivity index (χ4n) is 2.74. The van der Waals surface area contributed by atoms with E-state index in [1.54, 1.807) is 6.20 Å². The molecule has 0 unspecified atom stereocenters. The molecule has 1 saturated heterocycles. The number of imidazole rings is 1. The normalized spacial score (nSPS) is 19.3. The zero-order chi connectivity index (χ0) is 15.4. The summed E-state index contributed by atoms with van der Waals surface area (Å²) >= 11 is 0. The zero-order valence-corrected chi connectivity index (χ0v) is 12.8. The van der Waals surface area contributed by atoms with Crippen LogP contribution in [0.4, 0.5) is 4.79 Å². The molecule has 1 fully saturated rings. The van der Waals surface area contributed by atoms with Crippen molar-refractivity contribution < 1.29 is 4.79 Å². The van der Waals surface area contributed by atoms with E-state index in [0.717, 1.165) is 25.5 Å². The van der Waals surface area contributed by atoms with Crippen LogP contribution >= 0.6 is 0 Å². The largest absolute Gasteiger partial charge is 0.353 e. The second-order valence-electron chi connectivity index (χ2n) is 5.57. The molecule has 2 N–H and O–H groups in total. The molecule has 7 nitrogen and oxygen atoms in total. The van der Waals surface area contributed by atoms with Crippen LogP contribution in [0.1, 0.15) is 11.9 Å². The standard InChI is InChI=1S/C15H22N6O/c1-19-10-11-21(12-13(19)14-16-4-5-17-14)15(22)18-6-9-20-7-2-3-8-20/h2-5,7-8,13H,6,9-12H2,1H3,(H,16,17)(H,18,22)/t13-/m0/s1. The van der Waals surface area contributed by atoms with E-state index < -0.39 is 0 Å². The summed E-state index contributed by atoms with van der Waals surface area (Å²) in [5.41, 5.74) is 0. The maximum atomic E-state index is 12.3. The minimum atomic E-state index is -0.00295. The molecule has 1 atom stereocenters. The van der Waals surface area contributed by atoms with Gasteiger partial charge in [0.25, 0.3) is 0 Å². The van der Waals surface area contributed by atoms with E-state index in [2.05, 4.69) is 31.8 Å². The van der Waals surface area contributed by atoms with Gasteiger partial charge in [-0.3, -0.25) is 4.90 Å². The Morgan fingerprint density at radius 2 is 2.23 bits per heavy atom. The summed E-state index contributed by atoms with van der Waals surface area (Å²) < 4.78 is 2.05. The quantitative estimate of drug-likeness (QED) is 0.882. The third-order valence-corrected chi connectivity index (χ3v) is 4.08. The van der Waals surface area contributed by atoms with Crippen LogP contribution in [0.2, 0.25) is 0 Å². The fraction of sp³-hybridized carbons (Fsp3) is 0.467. The minimum Gasteiger partial charge on any atom is -0.353 e. The van der Waals surface area contributed by atoms with Crippen LogP contribution in [0.25, 0.3) is 0 Å². The average Bonchev–Trinajstić information content (AvgIpc) is 3.21. The van der Waals surface area contributed by atoms with Gasteiger partial charge in [0.2, 0.25) is 0 Å². The lowest BCUT2D eigenvalue weighted by atomic mass is 10.1. The molecule has 1 aliphatic heterocycles. The van der Waals surface area contributed by atoms with Gasteiger partial charge >= 0.3 is 6.03 Å². The van der Waals surface area contributed by atoms with E-state index in [0.29, 0.717) is 13.1 Å². The molecule has 22 heavy (non-hydrogen) atoms. The average molecular weight is 302 g/mol. The van der Waals surface area contributed by atoms with Gasteiger partial charge in [-0.1, -0.05) is 0 Å². The number of rotatable bonds is 4. The number of hydrogen-bond acceptors (Lipinski definition) is 3. The Hall–Kier alpha value is -2.28. The Balaban J connectivity index is 1.52. The first-order chi connectivity index (χ1) is 10.7. The van der Waals surface area contributed by atoms with E-state index in [4.69, 9.17) is 0 Å². The minimum absolute atomic E-state index is 0.00295. The fourth-order valence-corrected chi connectivity index (χ4v) is 2.74. The molecule has 0 aromatic carbocycles. The van der Waals surface area contributed by atoms with Crippen molar-refractivity contribution in [2.45, 2.75) is 12.6 Å². The van der Waals surface area contributed by atoms with Crippen molar-refractivity contribution in [2.75, 3.05) is 33.2 Å². The van der Waals surface area contributed by atoms with Crippen LogP contribution in [-0.4, -0.2) is 63.6 Å². The highest BCUT2D eigenvalue weighted by Gasteiger charge is 2.29. The van der Waals surface area contributed by atoms with Gasteiger partial charge in [0.05, 0.1) is 6.04 Å². The van der Waals surface area contributed by atoms with Crippen molar-refractivity contribution in [3.05, 3.63) is 42.7 Å². The molecular formula is C15H22N6O. The summed E-state index contributed by atoms with van der Waals surface area (Å²) in [5.74, 6) is 0.910. The Kier molecular flexibility index (Phi) is 4.43. The number of carbonyl (C=O) groups is 1. The molecule has 1 aliphatic rings. The van der Waals surface area contributed by atoms with Crippen LogP contribution in [0.15, 0.2) is 36.9 Å². The predicted molar refractivity (Wildman–Crippen MR) is 83.4 cm³/mol. The Labute approximate surface area is 129 Å². The third-order valence-electron chi connectivity index (χ3n) is 4.08. The number of piperazine rings is 1. The molecular weight excluding hydrogens is 280 g/mol. The van der Waals surface area contributed by atoms with Gasteiger partial charge < -0.3 is 19.8 Å². The second kappa shape index (κ2) is 6.65. The highest BCUT2D eigenvalue weighted by molar-refractivity contribution is 5.74. The smallest absolute Gasteiger partial charge is 0.317 e. The maximum absolute atomic E-state index is 12.3. The van der Waals surface area contributed by atoms with E-state index >= 15 is 0 Å². The lowest BCUT2D eigenvalue weighted by molar-refractivity contribution is 0.106. The van der Waals surface area contributed by atoms with Gasteiger partial charge in [-0.25, -0.2) is 9.78 Å². The first-order valence-electron chi connectivity index (χ1n) is 7.57. The van der Waals surface area contributed by atoms with Crippen molar-refractivity contribution in [1.82, 2.24) is 29.7 Å². The molecule has 0 spiro atoms. The molecule has 3 heterocycles. The van der Waals surface area contributed by atoms with Crippen LogP contribution < -0.4 is 5.32 Å². The SMILES string of the molecule is CN1CCN(C(=O)NCCn2cccc2)C[C@H]1c1ncc[nH]1. The Morgan fingerprint density at radius 1 is 1.41 bits per heavy atom. The molecule has 2 aromatic heterocycles. The number of nitrogens with one attached hydrogen (secondary N) is 2. The summed E-state index contributed by atoms with van der Waals surface area (Å²) in [4.78, 5) is 23.9. The number of urea groups is 1. The number of aromatic nitrogens is 3. The molecule has 0 saturated carbocycles. The predicted octanol–water partition coefficient (Wildman–Crippen LogP) is 0.909. The number of hydrogen-bond donors (Lipinski definition) is 2.